The third-order valence-electron chi connectivity index (χ3n) is 6.16. The van der Waals surface area contributed by atoms with Crippen molar-refractivity contribution in [1.29, 1.82) is 0 Å². The number of para-hydroxylation sites is 2. The average Bonchev–Trinajstić information content (AvgIpc) is 3.34. The van der Waals surface area contributed by atoms with Crippen molar-refractivity contribution >= 4 is 34.6 Å². The summed E-state index contributed by atoms with van der Waals surface area (Å²) in [6.07, 6.45) is 7.34. The van der Waals surface area contributed by atoms with Crippen LogP contribution in [0.15, 0.2) is 78.0 Å². The SMILES string of the molecule is O=C(Nc1ccccc1-n1ncc2c(=O)[nH]cnc21)C1CCN(C(=O)/C=C/c2ccccc2)CC1. The van der Waals surface area contributed by atoms with Crippen LogP contribution in [0.5, 0.6) is 0 Å². The minimum atomic E-state index is -0.275. The van der Waals surface area contributed by atoms with Crippen LogP contribution < -0.4 is 10.9 Å². The molecule has 2 N–H and O–H groups in total. The van der Waals surface area contributed by atoms with E-state index in [0.29, 0.717) is 48.3 Å². The van der Waals surface area contributed by atoms with Gasteiger partial charge in [0.2, 0.25) is 11.8 Å². The number of fused-ring (bicyclic) bond motifs is 1. The molecule has 176 valence electrons. The lowest BCUT2D eigenvalue weighted by atomic mass is 9.95. The van der Waals surface area contributed by atoms with Crippen LogP contribution in [0, 0.1) is 5.92 Å². The van der Waals surface area contributed by atoms with E-state index >= 15 is 0 Å². The van der Waals surface area contributed by atoms with E-state index in [1.807, 2.05) is 48.5 Å². The van der Waals surface area contributed by atoms with E-state index in [1.54, 1.807) is 27.8 Å². The number of anilines is 1. The zero-order chi connectivity index (χ0) is 24.2. The molecule has 35 heavy (non-hydrogen) atoms. The van der Waals surface area contributed by atoms with Crippen molar-refractivity contribution in [3.8, 4) is 5.69 Å². The maximum absolute atomic E-state index is 13.1. The molecule has 2 aromatic carbocycles. The van der Waals surface area contributed by atoms with Gasteiger partial charge in [-0.15, -0.1) is 0 Å². The predicted octanol–water partition coefficient (Wildman–Crippen LogP) is 3.00. The third kappa shape index (κ3) is 4.74. The van der Waals surface area contributed by atoms with Gasteiger partial charge in [0.1, 0.15) is 5.39 Å². The Balaban J connectivity index is 1.25. The largest absolute Gasteiger partial charge is 0.339 e. The Bertz CT molecular complexity index is 1450. The van der Waals surface area contributed by atoms with E-state index in [1.165, 1.54) is 12.5 Å². The molecule has 9 heteroatoms. The Kier molecular flexibility index (Phi) is 6.21. The molecule has 9 nitrogen and oxygen atoms in total. The number of rotatable bonds is 5. The molecule has 5 rings (SSSR count). The van der Waals surface area contributed by atoms with Crippen LogP contribution in [0.4, 0.5) is 5.69 Å². The van der Waals surface area contributed by atoms with Crippen molar-refractivity contribution < 1.29 is 9.59 Å². The first-order chi connectivity index (χ1) is 17.1. The number of hydrogen-bond acceptors (Lipinski definition) is 5. The fraction of sp³-hybridized carbons (Fsp3) is 0.192. The van der Waals surface area contributed by atoms with Crippen LogP contribution in [0.1, 0.15) is 18.4 Å². The predicted molar refractivity (Wildman–Crippen MR) is 133 cm³/mol. The van der Waals surface area contributed by atoms with Gasteiger partial charge in [0.25, 0.3) is 5.56 Å². The standard InChI is InChI=1S/C26H24N6O3/c33-23(11-10-18-6-2-1-3-7-18)31-14-12-19(13-15-31)25(34)30-21-8-4-5-9-22(21)32-24-20(16-29-32)26(35)28-17-27-24/h1-11,16-17,19H,12-15H2,(H,30,34)(H,27,28,35)/b11-10+. The Morgan fingerprint density at radius 2 is 1.77 bits per heavy atom. The number of hydrogen-bond donors (Lipinski definition) is 2. The van der Waals surface area contributed by atoms with Crippen LogP contribution in [-0.4, -0.2) is 49.6 Å². The summed E-state index contributed by atoms with van der Waals surface area (Å²) in [5, 5.41) is 7.68. The van der Waals surface area contributed by atoms with E-state index in [9.17, 15) is 14.4 Å². The molecule has 1 aliphatic rings. The molecule has 0 bridgehead atoms. The van der Waals surface area contributed by atoms with Gasteiger partial charge in [-0.3, -0.25) is 14.4 Å². The van der Waals surface area contributed by atoms with Crippen LogP contribution in [-0.2, 0) is 9.59 Å². The van der Waals surface area contributed by atoms with Crippen molar-refractivity contribution in [3.05, 3.63) is 89.1 Å². The molecule has 4 aromatic rings. The molecule has 0 spiro atoms. The van der Waals surface area contributed by atoms with Crippen molar-refractivity contribution in [2.45, 2.75) is 12.8 Å². The van der Waals surface area contributed by atoms with Gasteiger partial charge >= 0.3 is 0 Å². The number of aromatic amines is 1. The number of benzene rings is 2. The fourth-order valence-electron chi connectivity index (χ4n) is 4.23. The lowest BCUT2D eigenvalue weighted by Gasteiger charge is -2.30. The first-order valence-electron chi connectivity index (χ1n) is 11.4. The smallest absolute Gasteiger partial charge is 0.261 e. The lowest BCUT2D eigenvalue weighted by molar-refractivity contribution is -0.130. The number of carbonyl (C=O) groups is 2. The monoisotopic (exact) mass is 468 g/mol. The number of likely N-dealkylation sites (tertiary alicyclic amines) is 1. The number of H-pyrrole nitrogens is 1. The van der Waals surface area contributed by atoms with Gasteiger partial charge < -0.3 is 15.2 Å². The summed E-state index contributed by atoms with van der Waals surface area (Å²) >= 11 is 0. The quantitative estimate of drug-likeness (QED) is 0.437. The molecular formula is C26H24N6O3. The van der Waals surface area contributed by atoms with E-state index in [-0.39, 0.29) is 23.3 Å². The molecule has 2 amide bonds. The summed E-state index contributed by atoms with van der Waals surface area (Å²) in [5.74, 6) is -0.363. The normalized spacial score (nSPS) is 14.5. The molecule has 0 unspecified atom stereocenters. The van der Waals surface area contributed by atoms with Crippen LogP contribution in [0.3, 0.4) is 0 Å². The van der Waals surface area contributed by atoms with E-state index in [0.717, 1.165) is 5.56 Å². The van der Waals surface area contributed by atoms with Crippen molar-refractivity contribution in [1.82, 2.24) is 24.6 Å². The first kappa shape index (κ1) is 22.3. The molecule has 1 saturated heterocycles. The summed E-state index contributed by atoms with van der Waals surface area (Å²) in [6, 6.07) is 16.9. The van der Waals surface area contributed by atoms with Gasteiger partial charge in [-0.25, -0.2) is 9.67 Å². The summed E-state index contributed by atoms with van der Waals surface area (Å²) in [7, 11) is 0. The molecule has 0 radical (unpaired) electrons. The molecule has 0 atom stereocenters. The summed E-state index contributed by atoms with van der Waals surface area (Å²) in [5.41, 5.74) is 2.30. The number of carbonyl (C=O) groups excluding carboxylic acids is 2. The topological polar surface area (TPSA) is 113 Å². The van der Waals surface area contributed by atoms with Gasteiger partial charge in [-0.05, 0) is 36.6 Å². The third-order valence-corrected chi connectivity index (χ3v) is 6.16. The van der Waals surface area contributed by atoms with E-state index in [4.69, 9.17) is 0 Å². The van der Waals surface area contributed by atoms with Gasteiger partial charge in [0.05, 0.1) is 23.9 Å². The highest BCUT2D eigenvalue weighted by Gasteiger charge is 2.27. The van der Waals surface area contributed by atoms with Crippen molar-refractivity contribution in [2.75, 3.05) is 18.4 Å². The lowest BCUT2D eigenvalue weighted by Crippen LogP contribution is -2.40. The Hall–Kier alpha value is -4.53. The van der Waals surface area contributed by atoms with Crippen LogP contribution in [0.2, 0.25) is 0 Å². The number of nitrogens with zero attached hydrogens (tertiary/aromatic N) is 4. The van der Waals surface area contributed by atoms with Gasteiger partial charge in [-0.2, -0.15) is 5.10 Å². The Morgan fingerprint density at radius 3 is 2.57 bits per heavy atom. The summed E-state index contributed by atoms with van der Waals surface area (Å²) in [4.78, 5) is 46.2. The Morgan fingerprint density at radius 1 is 1.03 bits per heavy atom. The first-order valence-corrected chi connectivity index (χ1v) is 11.4. The molecule has 2 aromatic heterocycles. The van der Waals surface area contributed by atoms with Gasteiger partial charge in [-0.1, -0.05) is 42.5 Å². The van der Waals surface area contributed by atoms with E-state index < -0.39 is 0 Å². The number of piperidine rings is 1. The van der Waals surface area contributed by atoms with Gasteiger partial charge in [0.15, 0.2) is 5.65 Å². The molecule has 0 aliphatic carbocycles. The summed E-state index contributed by atoms with van der Waals surface area (Å²) < 4.78 is 1.54. The second-order valence-electron chi connectivity index (χ2n) is 8.38. The summed E-state index contributed by atoms with van der Waals surface area (Å²) in [6.45, 7) is 1.04. The maximum atomic E-state index is 13.1. The van der Waals surface area contributed by atoms with Crippen LogP contribution >= 0.6 is 0 Å². The van der Waals surface area contributed by atoms with Crippen molar-refractivity contribution in [3.63, 3.8) is 0 Å². The van der Waals surface area contributed by atoms with Crippen molar-refractivity contribution in [2.24, 2.45) is 5.92 Å². The van der Waals surface area contributed by atoms with E-state index in [2.05, 4.69) is 20.4 Å². The number of aromatic nitrogens is 4. The average molecular weight is 469 g/mol. The number of nitrogens with one attached hydrogen (secondary N) is 2. The number of amides is 2. The second-order valence-corrected chi connectivity index (χ2v) is 8.38. The second kappa shape index (κ2) is 9.76. The molecule has 3 heterocycles. The Labute approximate surface area is 201 Å². The zero-order valence-electron chi connectivity index (χ0n) is 18.9. The highest BCUT2D eigenvalue weighted by molar-refractivity contribution is 5.95. The molecule has 0 saturated carbocycles. The molecule has 1 aliphatic heterocycles. The zero-order valence-corrected chi connectivity index (χ0v) is 18.9. The molecule has 1 fully saturated rings. The highest BCUT2D eigenvalue weighted by atomic mass is 16.2. The molecular weight excluding hydrogens is 444 g/mol. The maximum Gasteiger partial charge on any atom is 0.261 e. The fourth-order valence-corrected chi connectivity index (χ4v) is 4.23. The highest BCUT2D eigenvalue weighted by Crippen LogP contribution is 2.25. The minimum absolute atomic E-state index is 0.0499. The van der Waals surface area contributed by atoms with Gasteiger partial charge in [0, 0.05) is 25.1 Å². The minimum Gasteiger partial charge on any atom is -0.339 e. The van der Waals surface area contributed by atoms with Crippen LogP contribution in [0.25, 0.3) is 22.8 Å².